The normalized spacial score (nSPS) is 12.2. The van der Waals surface area contributed by atoms with E-state index in [1.165, 1.54) is 18.2 Å². The average molecular weight is 233 g/mol. The summed E-state index contributed by atoms with van der Waals surface area (Å²) in [7, 11) is 0. The zero-order chi connectivity index (χ0) is 12.3. The highest BCUT2D eigenvalue weighted by atomic mass is 19.1. The van der Waals surface area contributed by atoms with Gasteiger partial charge >= 0.3 is 0 Å². The third-order valence-corrected chi connectivity index (χ3v) is 2.59. The molecule has 0 amide bonds. The van der Waals surface area contributed by atoms with Crippen LogP contribution in [0.25, 0.3) is 0 Å². The maximum atomic E-state index is 13.5. The lowest BCUT2D eigenvalue weighted by molar-refractivity contribution is 0.544. The van der Waals surface area contributed by atoms with Crippen LogP contribution in [0.4, 0.5) is 14.5 Å². The largest absolute Gasteiger partial charge is 0.378 e. The van der Waals surface area contributed by atoms with E-state index in [0.717, 1.165) is 5.69 Å². The van der Waals surface area contributed by atoms with Gasteiger partial charge in [-0.3, -0.25) is 0 Å². The van der Waals surface area contributed by atoms with Crippen molar-refractivity contribution in [3.63, 3.8) is 0 Å². The second-order valence-electron chi connectivity index (χ2n) is 3.87. The fourth-order valence-electron chi connectivity index (χ4n) is 1.78. The zero-order valence-electron chi connectivity index (χ0n) is 9.45. The van der Waals surface area contributed by atoms with E-state index < -0.39 is 17.7 Å². The molecule has 0 saturated carbocycles. The molecule has 0 aliphatic carbocycles. The molecule has 0 aliphatic heterocycles. The first kappa shape index (κ1) is 11.6. The molecule has 2 aromatic rings. The van der Waals surface area contributed by atoms with E-state index in [9.17, 15) is 8.78 Å². The van der Waals surface area contributed by atoms with E-state index in [1.807, 2.05) is 30.3 Å². The summed E-state index contributed by atoms with van der Waals surface area (Å²) in [5.74, 6) is -1.05. The zero-order valence-corrected chi connectivity index (χ0v) is 9.45. The summed E-state index contributed by atoms with van der Waals surface area (Å²) in [6, 6.07) is 12.8. The molecule has 0 aliphatic rings. The summed E-state index contributed by atoms with van der Waals surface area (Å²) >= 11 is 0. The molecule has 0 bridgehead atoms. The smallest absolute Gasteiger partial charge is 0.131 e. The lowest BCUT2D eigenvalue weighted by atomic mass is 10.1. The molecule has 0 saturated heterocycles. The predicted octanol–water partition coefficient (Wildman–Crippen LogP) is 4.14. The topological polar surface area (TPSA) is 12.0 Å². The van der Waals surface area contributed by atoms with Gasteiger partial charge in [0, 0.05) is 11.3 Å². The van der Waals surface area contributed by atoms with Crippen molar-refractivity contribution in [1.82, 2.24) is 0 Å². The van der Waals surface area contributed by atoms with Crippen LogP contribution in [0.5, 0.6) is 0 Å². The minimum atomic E-state index is -0.527. The van der Waals surface area contributed by atoms with Gasteiger partial charge < -0.3 is 5.32 Å². The van der Waals surface area contributed by atoms with Gasteiger partial charge in [0.15, 0.2) is 0 Å². The SMILES string of the molecule is CC(Nc1ccccc1)c1c(F)cccc1F. The first-order valence-electron chi connectivity index (χ1n) is 5.44. The number of nitrogens with one attached hydrogen (secondary N) is 1. The third kappa shape index (κ3) is 2.61. The molecule has 0 fully saturated rings. The van der Waals surface area contributed by atoms with E-state index in [0.29, 0.717) is 0 Å². The summed E-state index contributed by atoms with van der Waals surface area (Å²) in [6.07, 6.45) is 0. The highest BCUT2D eigenvalue weighted by Gasteiger charge is 2.15. The van der Waals surface area contributed by atoms with Crippen LogP contribution in [0.3, 0.4) is 0 Å². The van der Waals surface area contributed by atoms with Crippen molar-refractivity contribution in [3.05, 3.63) is 65.7 Å². The number of anilines is 1. The number of hydrogen-bond donors (Lipinski definition) is 1. The van der Waals surface area contributed by atoms with E-state index in [4.69, 9.17) is 0 Å². The van der Waals surface area contributed by atoms with Crippen molar-refractivity contribution < 1.29 is 8.78 Å². The van der Waals surface area contributed by atoms with E-state index in [-0.39, 0.29) is 5.56 Å². The van der Waals surface area contributed by atoms with Crippen LogP contribution in [0.1, 0.15) is 18.5 Å². The Kier molecular flexibility index (Phi) is 3.38. The monoisotopic (exact) mass is 233 g/mol. The molecule has 1 nitrogen and oxygen atoms in total. The van der Waals surface area contributed by atoms with Gasteiger partial charge in [-0.25, -0.2) is 8.78 Å². The number of para-hydroxylation sites is 1. The fourth-order valence-corrected chi connectivity index (χ4v) is 1.78. The average Bonchev–Trinajstić information content (AvgIpc) is 2.30. The van der Waals surface area contributed by atoms with E-state index in [2.05, 4.69) is 5.32 Å². The van der Waals surface area contributed by atoms with Gasteiger partial charge in [-0.1, -0.05) is 24.3 Å². The molecule has 17 heavy (non-hydrogen) atoms. The number of rotatable bonds is 3. The molecule has 1 atom stereocenters. The van der Waals surface area contributed by atoms with Gasteiger partial charge in [-0.15, -0.1) is 0 Å². The molecule has 1 unspecified atom stereocenters. The minimum absolute atomic E-state index is 0.0661. The summed E-state index contributed by atoms with van der Waals surface area (Å²) in [5, 5.41) is 3.06. The molecular formula is C14H13F2N. The van der Waals surface area contributed by atoms with Crippen molar-refractivity contribution in [2.75, 3.05) is 5.32 Å². The van der Waals surface area contributed by atoms with Crippen LogP contribution >= 0.6 is 0 Å². The van der Waals surface area contributed by atoms with Gasteiger partial charge in [-0.05, 0) is 31.2 Å². The van der Waals surface area contributed by atoms with E-state index >= 15 is 0 Å². The lowest BCUT2D eigenvalue weighted by Gasteiger charge is -2.16. The van der Waals surface area contributed by atoms with Crippen LogP contribution in [0.15, 0.2) is 48.5 Å². The van der Waals surface area contributed by atoms with Crippen molar-refractivity contribution in [3.8, 4) is 0 Å². The standard InChI is InChI=1S/C14H13F2N/c1-10(17-11-6-3-2-4-7-11)14-12(15)8-5-9-13(14)16/h2-10,17H,1H3. The molecule has 2 rings (SSSR count). The van der Waals surface area contributed by atoms with Gasteiger partial charge in [0.2, 0.25) is 0 Å². The Balaban J connectivity index is 2.23. The van der Waals surface area contributed by atoms with Crippen LogP contribution < -0.4 is 5.32 Å². The quantitative estimate of drug-likeness (QED) is 0.840. The maximum absolute atomic E-state index is 13.5. The van der Waals surface area contributed by atoms with Gasteiger partial charge in [-0.2, -0.15) is 0 Å². The van der Waals surface area contributed by atoms with E-state index in [1.54, 1.807) is 6.92 Å². The van der Waals surface area contributed by atoms with Crippen molar-refractivity contribution >= 4 is 5.69 Å². The number of hydrogen-bond acceptors (Lipinski definition) is 1. The molecular weight excluding hydrogens is 220 g/mol. The molecule has 1 N–H and O–H groups in total. The molecule has 0 spiro atoms. The minimum Gasteiger partial charge on any atom is -0.378 e. The van der Waals surface area contributed by atoms with Crippen molar-refractivity contribution in [2.24, 2.45) is 0 Å². The maximum Gasteiger partial charge on any atom is 0.131 e. The first-order chi connectivity index (χ1) is 8.18. The van der Waals surface area contributed by atoms with Crippen LogP contribution in [-0.4, -0.2) is 0 Å². The Morgan fingerprint density at radius 2 is 1.47 bits per heavy atom. The van der Waals surface area contributed by atoms with Gasteiger partial charge in [0.25, 0.3) is 0 Å². The summed E-state index contributed by atoms with van der Waals surface area (Å²) in [6.45, 7) is 1.73. The Morgan fingerprint density at radius 3 is 2.06 bits per heavy atom. The summed E-state index contributed by atoms with van der Waals surface area (Å²) in [4.78, 5) is 0. The molecule has 0 aromatic heterocycles. The first-order valence-corrected chi connectivity index (χ1v) is 5.44. The fraction of sp³-hybridized carbons (Fsp3) is 0.143. The Hall–Kier alpha value is -1.90. The second kappa shape index (κ2) is 4.95. The van der Waals surface area contributed by atoms with Crippen LogP contribution in [-0.2, 0) is 0 Å². The molecule has 3 heteroatoms. The molecule has 0 radical (unpaired) electrons. The second-order valence-corrected chi connectivity index (χ2v) is 3.87. The Morgan fingerprint density at radius 1 is 0.882 bits per heavy atom. The van der Waals surface area contributed by atoms with Crippen molar-refractivity contribution in [2.45, 2.75) is 13.0 Å². The number of halogens is 2. The van der Waals surface area contributed by atoms with Crippen molar-refractivity contribution in [1.29, 1.82) is 0 Å². The van der Waals surface area contributed by atoms with Crippen LogP contribution in [0, 0.1) is 11.6 Å². The highest BCUT2D eigenvalue weighted by molar-refractivity contribution is 5.45. The lowest BCUT2D eigenvalue weighted by Crippen LogP contribution is -2.10. The molecule has 0 heterocycles. The summed E-state index contributed by atoms with van der Waals surface area (Å²) < 4.78 is 27.0. The Labute approximate surface area is 99.1 Å². The molecule has 2 aromatic carbocycles. The van der Waals surface area contributed by atoms with Crippen LogP contribution in [0.2, 0.25) is 0 Å². The number of benzene rings is 2. The summed E-state index contributed by atoms with van der Waals surface area (Å²) in [5.41, 5.74) is 0.902. The van der Waals surface area contributed by atoms with Gasteiger partial charge in [0.1, 0.15) is 11.6 Å². The predicted molar refractivity (Wildman–Crippen MR) is 64.8 cm³/mol. The van der Waals surface area contributed by atoms with Gasteiger partial charge in [0.05, 0.1) is 6.04 Å². The molecule has 88 valence electrons. The third-order valence-electron chi connectivity index (χ3n) is 2.59. The Bertz CT molecular complexity index is 477. The highest BCUT2D eigenvalue weighted by Crippen LogP contribution is 2.23.